The lowest BCUT2D eigenvalue weighted by atomic mass is 10.2. The van der Waals surface area contributed by atoms with Crippen molar-refractivity contribution in [1.29, 1.82) is 0 Å². The van der Waals surface area contributed by atoms with Crippen LogP contribution in [-0.2, 0) is 0 Å². The van der Waals surface area contributed by atoms with Crippen molar-refractivity contribution in [2.75, 3.05) is 25.1 Å². The zero-order valence-corrected chi connectivity index (χ0v) is 12.6. The van der Waals surface area contributed by atoms with Crippen LogP contribution < -0.4 is 15.4 Å². The second-order valence-electron chi connectivity index (χ2n) is 4.64. The lowest BCUT2D eigenvalue weighted by Crippen LogP contribution is -2.23. The van der Waals surface area contributed by atoms with Crippen LogP contribution in [0.1, 0.15) is 5.56 Å². The van der Waals surface area contributed by atoms with Crippen LogP contribution in [0, 0.1) is 5.82 Å². The summed E-state index contributed by atoms with van der Waals surface area (Å²) < 4.78 is 18.5. The summed E-state index contributed by atoms with van der Waals surface area (Å²) in [4.78, 5) is 2.38. The van der Waals surface area contributed by atoms with Gasteiger partial charge >= 0.3 is 0 Å². The van der Waals surface area contributed by atoms with Gasteiger partial charge in [-0.05, 0) is 48.5 Å². The van der Waals surface area contributed by atoms with E-state index in [1.165, 1.54) is 12.1 Å². The van der Waals surface area contributed by atoms with Gasteiger partial charge in [0.05, 0.1) is 6.54 Å². The molecule has 0 radical (unpaired) electrons. The normalized spacial score (nSPS) is 10.2. The maximum absolute atomic E-state index is 12.9. The molecule has 0 heterocycles. The SMILES string of the molecule is CN(CCOc1ccc(C(N)=S)cc1)c1ccc(F)cc1. The second-order valence-corrected chi connectivity index (χ2v) is 5.07. The molecule has 0 aliphatic carbocycles. The van der Waals surface area contributed by atoms with Crippen LogP contribution in [-0.4, -0.2) is 25.2 Å². The van der Waals surface area contributed by atoms with Crippen LogP contribution in [0.4, 0.5) is 10.1 Å². The van der Waals surface area contributed by atoms with Gasteiger partial charge in [0.15, 0.2) is 0 Å². The van der Waals surface area contributed by atoms with Gasteiger partial charge in [0.25, 0.3) is 0 Å². The maximum Gasteiger partial charge on any atom is 0.123 e. The molecule has 0 aliphatic heterocycles. The fraction of sp³-hybridized carbons (Fsp3) is 0.188. The average molecular weight is 304 g/mol. The smallest absolute Gasteiger partial charge is 0.123 e. The predicted molar refractivity (Wildman–Crippen MR) is 87.5 cm³/mol. The molecule has 3 nitrogen and oxygen atoms in total. The van der Waals surface area contributed by atoms with Gasteiger partial charge in [-0.3, -0.25) is 0 Å². The first-order valence-corrected chi connectivity index (χ1v) is 6.96. The number of hydrogen-bond donors (Lipinski definition) is 1. The number of anilines is 1. The Morgan fingerprint density at radius 1 is 1.14 bits per heavy atom. The Labute approximate surface area is 129 Å². The molecule has 5 heteroatoms. The highest BCUT2D eigenvalue weighted by Gasteiger charge is 2.02. The Kier molecular flexibility index (Phi) is 5.11. The molecule has 21 heavy (non-hydrogen) atoms. The summed E-state index contributed by atoms with van der Waals surface area (Å²) in [5.41, 5.74) is 7.30. The number of nitrogens with two attached hydrogens (primary N) is 1. The van der Waals surface area contributed by atoms with Gasteiger partial charge in [-0.25, -0.2) is 4.39 Å². The molecule has 2 aromatic carbocycles. The third-order valence-corrected chi connectivity index (χ3v) is 3.34. The minimum Gasteiger partial charge on any atom is -0.492 e. The monoisotopic (exact) mass is 304 g/mol. The lowest BCUT2D eigenvalue weighted by molar-refractivity contribution is 0.326. The van der Waals surface area contributed by atoms with Gasteiger partial charge in [0.1, 0.15) is 23.2 Å². The highest BCUT2D eigenvalue weighted by Crippen LogP contribution is 2.14. The fourth-order valence-electron chi connectivity index (χ4n) is 1.84. The number of halogens is 1. The summed E-state index contributed by atoms with van der Waals surface area (Å²) in [5.74, 6) is 0.531. The lowest BCUT2D eigenvalue weighted by Gasteiger charge is -2.19. The number of likely N-dealkylation sites (N-methyl/N-ethyl adjacent to an activating group) is 1. The molecular formula is C16H17FN2OS. The van der Waals surface area contributed by atoms with E-state index < -0.39 is 0 Å². The summed E-state index contributed by atoms with van der Waals surface area (Å²) in [6, 6.07) is 13.7. The van der Waals surface area contributed by atoms with Crippen LogP contribution in [0.2, 0.25) is 0 Å². The van der Waals surface area contributed by atoms with Crippen LogP contribution in [0.15, 0.2) is 48.5 Å². The molecule has 0 saturated heterocycles. The molecule has 110 valence electrons. The minimum atomic E-state index is -0.235. The van der Waals surface area contributed by atoms with Crippen molar-refractivity contribution in [3.63, 3.8) is 0 Å². The summed E-state index contributed by atoms with van der Waals surface area (Å²) in [6.45, 7) is 1.23. The molecule has 0 saturated carbocycles. The van der Waals surface area contributed by atoms with Crippen molar-refractivity contribution in [3.8, 4) is 5.75 Å². The predicted octanol–water partition coefficient (Wildman–Crippen LogP) is 2.98. The number of rotatable bonds is 6. The summed E-state index contributed by atoms with van der Waals surface area (Å²) in [5, 5.41) is 0. The minimum absolute atomic E-state index is 0.235. The third kappa shape index (κ3) is 4.43. The van der Waals surface area contributed by atoms with Crippen LogP contribution in [0.25, 0.3) is 0 Å². The first kappa shape index (κ1) is 15.3. The zero-order chi connectivity index (χ0) is 15.2. The Bertz CT molecular complexity index is 599. The maximum atomic E-state index is 12.9. The van der Waals surface area contributed by atoms with E-state index in [4.69, 9.17) is 22.7 Å². The van der Waals surface area contributed by atoms with E-state index in [0.29, 0.717) is 18.1 Å². The van der Waals surface area contributed by atoms with Gasteiger partial charge in [-0.15, -0.1) is 0 Å². The van der Waals surface area contributed by atoms with Gasteiger partial charge in [-0.1, -0.05) is 12.2 Å². The topological polar surface area (TPSA) is 38.5 Å². The van der Waals surface area contributed by atoms with E-state index in [1.807, 2.05) is 36.2 Å². The Morgan fingerprint density at radius 2 is 1.76 bits per heavy atom. The van der Waals surface area contributed by atoms with Crippen molar-refractivity contribution in [2.24, 2.45) is 5.73 Å². The van der Waals surface area contributed by atoms with Crippen molar-refractivity contribution < 1.29 is 9.13 Å². The average Bonchev–Trinajstić information content (AvgIpc) is 2.48. The number of hydrogen-bond acceptors (Lipinski definition) is 3. The van der Waals surface area contributed by atoms with E-state index in [0.717, 1.165) is 17.0 Å². The quantitative estimate of drug-likeness (QED) is 0.833. The van der Waals surface area contributed by atoms with Crippen molar-refractivity contribution in [3.05, 3.63) is 59.9 Å². The van der Waals surface area contributed by atoms with Crippen LogP contribution in [0.3, 0.4) is 0 Å². The Morgan fingerprint density at radius 3 is 2.33 bits per heavy atom. The van der Waals surface area contributed by atoms with Gasteiger partial charge in [0, 0.05) is 18.3 Å². The Balaban J connectivity index is 1.83. The zero-order valence-electron chi connectivity index (χ0n) is 11.8. The highest BCUT2D eigenvalue weighted by molar-refractivity contribution is 7.80. The first-order chi connectivity index (χ1) is 10.1. The van der Waals surface area contributed by atoms with Crippen LogP contribution >= 0.6 is 12.2 Å². The highest BCUT2D eigenvalue weighted by atomic mass is 32.1. The molecule has 0 bridgehead atoms. The molecule has 0 fully saturated rings. The van der Waals surface area contributed by atoms with E-state index >= 15 is 0 Å². The largest absolute Gasteiger partial charge is 0.492 e. The molecule has 0 aliphatic rings. The fourth-order valence-corrected chi connectivity index (χ4v) is 1.98. The summed E-state index contributed by atoms with van der Waals surface area (Å²) in [6.07, 6.45) is 0. The van der Waals surface area contributed by atoms with Crippen molar-refractivity contribution in [2.45, 2.75) is 0 Å². The van der Waals surface area contributed by atoms with E-state index in [2.05, 4.69) is 0 Å². The molecule has 0 spiro atoms. The van der Waals surface area contributed by atoms with Gasteiger partial charge in [-0.2, -0.15) is 0 Å². The van der Waals surface area contributed by atoms with Crippen molar-refractivity contribution >= 4 is 22.9 Å². The summed E-state index contributed by atoms with van der Waals surface area (Å²) in [7, 11) is 1.94. The van der Waals surface area contributed by atoms with E-state index in [9.17, 15) is 4.39 Å². The van der Waals surface area contributed by atoms with Gasteiger partial charge in [0.2, 0.25) is 0 Å². The Hall–Kier alpha value is -2.14. The number of thiocarbonyl (C=S) groups is 1. The van der Waals surface area contributed by atoms with Crippen LogP contribution in [0.5, 0.6) is 5.75 Å². The molecule has 0 aromatic heterocycles. The number of nitrogens with zero attached hydrogens (tertiary/aromatic N) is 1. The van der Waals surface area contributed by atoms with E-state index in [1.54, 1.807) is 12.1 Å². The summed E-state index contributed by atoms with van der Waals surface area (Å²) >= 11 is 4.89. The number of ether oxygens (including phenoxy) is 1. The second kappa shape index (κ2) is 7.04. The molecule has 2 N–H and O–H groups in total. The van der Waals surface area contributed by atoms with E-state index in [-0.39, 0.29) is 5.82 Å². The van der Waals surface area contributed by atoms with Gasteiger partial charge < -0.3 is 15.4 Å². The molecule has 2 rings (SSSR count). The molecule has 2 aromatic rings. The molecule has 0 amide bonds. The first-order valence-electron chi connectivity index (χ1n) is 6.55. The van der Waals surface area contributed by atoms with Crippen molar-refractivity contribution in [1.82, 2.24) is 0 Å². The number of benzene rings is 2. The molecule has 0 unspecified atom stereocenters. The molecule has 0 atom stereocenters. The standard InChI is InChI=1S/C16H17FN2OS/c1-19(14-6-4-13(17)5-7-14)10-11-20-15-8-2-12(3-9-15)16(18)21/h2-9H,10-11H2,1H3,(H2,18,21). The molecular weight excluding hydrogens is 287 g/mol. The third-order valence-electron chi connectivity index (χ3n) is 3.10.